The maximum atomic E-state index is 13.4. The standard InChI is InChI=1S/C12H14ClFN2O2S/c1-19-8-3-2-7(4-8)15-11-6-10(14)9(13)5-12(11)16(17)18/h5-8,15H,2-4H2,1H3. The van der Waals surface area contributed by atoms with Crippen molar-refractivity contribution in [3.63, 3.8) is 0 Å². The number of thioether (sulfide) groups is 1. The van der Waals surface area contributed by atoms with Gasteiger partial charge in [0.15, 0.2) is 0 Å². The van der Waals surface area contributed by atoms with Crippen LogP contribution in [0.25, 0.3) is 0 Å². The minimum atomic E-state index is -0.644. The van der Waals surface area contributed by atoms with Crippen LogP contribution in [0.2, 0.25) is 5.02 Å². The molecule has 0 bridgehead atoms. The molecule has 0 amide bonds. The molecule has 4 nitrogen and oxygen atoms in total. The fraction of sp³-hybridized carbons (Fsp3) is 0.500. The van der Waals surface area contributed by atoms with Gasteiger partial charge >= 0.3 is 0 Å². The van der Waals surface area contributed by atoms with E-state index in [1.54, 1.807) is 11.8 Å². The number of hydrogen-bond donors (Lipinski definition) is 1. The van der Waals surface area contributed by atoms with Gasteiger partial charge in [0.25, 0.3) is 5.69 Å². The van der Waals surface area contributed by atoms with E-state index in [9.17, 15) is 14.5 Å². The van der Waals surface area contributed by atoms with Gasteiger partial charge in [0, 0.05) is 23.4 Å². The van der Waals surface area contributed by atoms with Gasteiger partial charge in [-0.2, -0.15) is 11.8 Å². The maximum absolute atomic E-state index is 13.4. The number of nitrogens with one attached hydrogen (secondary N) is 1. The van der Waals surface area contributed by atoms with Crippen LogP contribution >= 0.6 is 23.4 Å². The van der Waals surface area contributed by atoms with Gasteiger partial charge in [0.05, 0.1) is 9.95 Å². The molecular weight excluding hydrogens is 291 g/mol. The zero-order valence-corrected chi connectivity index (χ0v) is 11.9. The molecule has 0 heterocycles. The topological polar surface area (TPSA) is 55.2 Å². The van der Waals surface area contributed by atoms with Crippen LogP contribution in [0.5, 0.6) is 0 Å². The van der Waals surface area contributed by atoms with Crippen LogP contribution < -0.4 is 5.32 Å². The molecule has 0 saturated heterocycles. The molecule has 1 fully saturated rings. The van der Waals surface area contributed by atoms with E-state index in [4.69, 9.17) is 11.6 Å². The first-order valence-corrected chi connectivity index (χ1v) is 7.60. The third kappa shape index (κ3) is 3.30. The number of nitro groups is 1. The monoisotopic (exact) mass is 304 g/mol. The number of benzene rings is 1. The number of hydrogen-bond acceptors (Lipinski definition) is 4. The molecular formula is C12H14ClFN2O2S. The van der Waals surface area contributed by atoms with E-state index in [1.807, 2.05) is 0 Å². The van der Waals surface area contributed by atoms with E-state index in [-0.39, 0.29) is 22.4 Å². The van der Waals surface area contributed by atoms with Crippen molar-refractivity contribution in [2.45, 2.75) is 30.6 Å². The molecule has 1 N–H and O–H groups in total. The van der Waals surface area contributed by atoms with Crippen molar-refractivity contribution in [3.8, 4) is 0 Å². The Hall–Kier alpha value is -1.01. The predicted molar refractivity (Wildman–Crippen MR) is 76.6 cm³/mol. The van der Waals surface area contributed by atoms with Crippen molar-refractivity contribution in [2.24, 2.45) is 0 Å². The first-order valence-electron chi connectivity index (χ1n) is 5.94. The van der Waals surface area contributed by atoms with Crippen molar-refractivity contribution in [1.82, 2.24) is 0 Å². The molecule has 1 saturated carbocycles. The van der Waals surface area contributed by atoms with Gasteiger partial charge in [0.2, 0.25) is 0 Å². The summed E-state index contributed by atoms with van der Waals surface area (Å²) in [7, 11) is 0. The summed E-state index contributed by atoms with van der Waals surface area (Å²) >= 11 is 7.38. The van der Waals surface area contributed by atoms with Crippen LogP contribution in [0.15, 0.2) is 12.1 Å². The minimum absolute atomic E-state index is 0.150. The van der Waals surface area contributed by atoms with Crippen LogP contribution in [0.4, 0.5) is 15.8 Å². The molecule has 1 aliphatic carbocycles. The lowest BCUT2D eigenvalue weighted by molar-refractivity contribution is -0.384. The molecule has 1 aliphatic rings. The Morgan fingerprint density at radius 3 is 2.84 bits per heavy atom. The lowest BCUT2D eigenvalue weighted by atomic mass is 10.2. The van der Waals surface area contributed by atoms with E-state index in [1.165, 1.54) is 0 Å². The Kier molecular flexibility index (Phi) is 4.52. The van der Waals surface area contributed by atoms with Gasteiger partial charge in [-0.15, -0.1) is 0 Å². The van der Waals surface area contributed by atoms with Crippen LogP contribution in [0, 0.1) is 15.9 Å². The van der Waals surface area contributed by atoms with Crippen molar-refractivity contribution >= 4 is 34.7 Å². The SMILES string of the molecule is CSC1CCC(Nc2cc(F)c(Cl)cc2[N+](=O)[O-])C1. The Morgan fingerprint density at radius 1 is 1.53 bits per heavy atom. The highest BCUT2D eigenvalue weighted by Gasteiger charge is 2.26. The third-order valence-corrected chi connectivity index (χ3v) is 4.70. The third-order valence-electron chi connectivity index (χ3n) is 3.31. The van der Waals surface area contributed by atoms with Crippen molar-refractivity contribution < 1.29 is 9.31 Å². The Bertz CT molecular complexity index is 501. The second-order valence-electron chi connectivity index (χ2n) is 4.55. The van der Waals surface area contributed by atoms with Gasteiger partial charge in [-0.05, 0) is 25.5 Å². The zero-order valence-electron chi connectivity index (χ0n) is 10.4. The second-order valence-corrected chi connectivity index (χ2v) is 6.10. The Labute approximate surface area is 119 Å². The van der Waals surface area contributed by atoms with Crippen LogP contribution in [-0.2, 0) is 0 Å². The number of nitrogens with zero attached hydrogens (tertiary/aromatic N) is 1. The predicted octanol–water partition coefficient (Wildman–Crippen LogP) is 4.08. The zero-order chi connectivity index (χ0) is 14.0. The molecule has 7 heteroatoms. The van der Waals surface area contributed by atoms with Crippen LogP contribution in [0.3, 0.4) is 0 Å². The van der Waals surface area contributed by atoms with Crippen molar-refractivity contribution in [3.05, 3.63) is 33.1 Å². The smallest absolute Gasteiger partial charge is 0.294 e. The minimum Gasteiger partial charge on any atom is -0.377 e. The highest BCUT2D eigenvalue weighted by molar-refractivity contribution is 7.99. The number of halogens is 2. The molecule has 19 heavy (non-hydrogen) atoms. The lowest BCUT2D eigenvalue weighted by Crippen LogP contribution is -2.17. The average molecular weight is 305 g/mol. The van der Waals surface area contributed by atoms with Gasteiger partial charge < -0.3 is 5.32 Å². The molecule has 0 aliphatic heterocycles. The van der Waals surface area contributed by atoms with Crippen LogP contribution in [-0.4, -0.2) is 22.5 Å². The first-order chi connectivity index (χ1) is 9.01. The van der Waals surface area contributed by atoms with Gasteiger partial charge in [-0.25, -0.2) is 4.39 Å². The second kappa shape index (κ2) is 5.96. The largest absolute Gasteiger partial charge is 0.377 e. The summed E-state index contributed by atoms with van der Waals surface area (Å²) in [5.74, 6) is -0.644. The summed E-state index contributed by atoms with van der Waals surface area (Å²) < 4.78 is 13.4. The molecule has 1 aromatic rings. The quantitative estimate of drug-likeness (QED) is 0.672. The molecule has 0 spiro atoms. The van der Waals surface area contributed by atoms with Gasteiger partial charge in [-0.1, -0.05) is 11.6 Å². The van der Waals surface area contributed by atoms with E-state index in [0.29, 0.717) is 5.25 Å². The summed E-state index contributed by atoms with van der Waals surface area (Å²) in [6.45, 7) is 0. The molecule has 2 rings (SSSR count). The molecule has 104 valence electrons. The maximum Gasteiger partial charge on any atom is 0.294 e. The molecule has 2 atom stereocenters. The fourth-order valence-corrected chi connectivity index (χ4v) is 3.26. The lowest BCUT2D eigenvalue weighted by Gasteiger charge is -2.14. The summed E-state index contributed by atoms with van der Waals surface area (Å²) in [5.41, 5.74) is 0.0256. The van der Waals surface area contributed by atoms with Gasteiger partial charge in [-0.3, -0.25) is 10.1 Å². The van der Waals surface area contributed by atoms with E-state index in [0.717, 1.165) is 31.4 Å². The highest BCUT2D eigenvalue weighted by Crippen LogP contribution is 2.35. The summed E-state index contributed by atoms with van der Waals surface area (Å²) in [6, 6.07) is 2.31. The number of anilines is 1. The van der Waals surface area contributed by atoms with Crippen molar-refractivity contribution in [1.29, 1.82) is 0 Å². The fourth-order valence-electron chi connectivity index (χ4n) is 2.31. The average Bonchev–Trinajstić information content (AvgIpc) is 2.81. The molecule has 0 radical (unpaired) electrons. The summed E-state index contributed by atoms with van der Waals surface area (Å²) in [5, 5.41) is 14.4. The molecule has 0 aromatic heterocycles. The molecule has 2 unspecified atom stereocenters. The number of nitro benzene ring substituents is 1. The Balaban J connectivity index is 2.20. The van der Waals surface area contributed by atoms with E-state index < -0.39 is 10.7 Å². The van der Waals surface area contributed by atoms with Crippen molar-refractivity contribution in [2.75, 3.05) is 11.6 Å². The number of rotatable bonds is 4. The van der Waals surface area contributed by atoms with Crippen LogP contribution in [0.1, 0.15) is 19.3 Å². The van der Waals surface area contributed by atoms with E-state index in [2.05, 4.69) is 11.6 Å². The normalized spacial score (nSPS) is 22.5. The highest BCUT2D eigenvalue weighted by atomic mass is 35.5. The van der Waals surface area contributed by atoms with Gasteiger partial charge in [0.1, 0.15) is 11.5 Å². The molecule has 1 aromatic carbocycles. The summed E-state index contributed by atoms with van der Waals surface area (Å²) in [4.78, 5) is 10.4. The van der Waals surface area contributed by atoms with E-state index >= 15 is 0 Å². The Morgan fingerprint density at radius 2 is 2.26 bits per heavy atom. The first kappa shape index (κ1) is 14.4. The summed E-state index contributed by atoms with van der Waals surface area (Å²) in [6.07, 6.45) is 5.00.